The van der Waals surface area contributed by atoms with Crippen molar-refractivity contribution in [3.05, 3.63) is 72.1 Å². The standard InChI is InChI=1S/C74H103N17O25/c1-36(2)16-9-7-6-8-10-22-55(94)83-47(25-40-31-77-44-19-13-11-17-42(40)44)68(109)86-48(27-54(76)93)69(110)88-51(30-61(103)104)70(111)91-63-39(5)116-74(115)52(26-41-32-78-45-20-14-12-18-43(41)45)89-73(114)62(37(3)24-58(97)98)90-71(112)53(35-92)84-57(96)33-79-65(106)49(28-59(99)100)85-64(105)38(4)81-67(108)50(29-60(101)102)87-66(107)46(21-15-23-75)82-56(95)34-80-72(63)113/h11-14,17-20,31-32,36-39,46-53,62-63,77-78,92H,6-10,15-16,21-30,33-35,75H2,1-5H3,(H2,76,93)(H,79,106)(H,80,113)(H,81,108)(H,82,95)(H,83,94)(H,84,96)(H,85,105)(H,86,109)(H,87,107)(H,88,110)(H,89,114)(H,90,112)(H,91,111)(H,97,98)(H,99,100)(H,101,102)(H,103,104)/t37-,38-,39+,46+,47+,48-,49+,50+,51+,52+,53-,62+,63+/m1/s1. The van der Waals surface area contributed by atoms with Gasteiger partial charge in [0.1, 0.15) is 72.6 Å². The largest absolute Gasteiger partial charge is 0.481 e. The molecule has 2 aromatic heterocycles. The SMILES string of the molecule is CC(C)CCCCCCCC(=O)N[C@@H](Cc1c[nH]c2ccccc12)C(=O)N[C@H](CC(N)=O)C(=O)N[C@@H](CC(=O)O)C(=O)N[C@@H]1C(=O)NCC(=O)N[C@@H](CCCN)C(=O)N[C@@H](CC(=O)O)C(=O)N[C@H](C)C(=O)N[C@@H](CC(=O)O)C(=O)NCC(=O)N[C@H](CO)C(=O)N[C@@H]([C@H](C)CC(=O)O)C(=O)N[C@@H](Cc2c[nH]c3ccccc23)C(=O)O[C@H]1C. The van der Waals surface area contributed by atoms with Crippen molar-refractivity contribution in [3.8, 4) is 0 Å². The normalized spacial score (nSPS) is 21.3. The van der Waals surface area contributed by atoms with Crippen molar-refractivity contribution in [1.29, 1.82) is 0 Å². The molecule has 3 heterocycles. The molecule has 5 rings (SSSR count). The van der Waals surface area contributed by atoms with E-state index in [0.29, 0.717) is 46.1 Å². The number of nitrogens with two attached hydrogens (primary N) is 2. The number of aromatic amines is 2. The summed E-state index contributed by atoms with van der Waals surface area (Å²) in [6.45, 7) is 3.61. The zero-order valence-electron chi connectivity index (χ0n) is 64.6. The number of esters is 1. The van der Waals surface area contributed by atoms with Crippen LogP contribution < -0.4 is 80.6 Å². The average molecular weight is 1630 g/mol. The Kier molecular flexibility index (Phi) is 37.7. The molecule has 0 bridgehead atoms. The van der Waals surface area contributed by atoms with E-state index in [-0.39, 0.29) is 37.8 Å². The fourth-order valence-electron chi connectivity index (χ4n) is 12.3. The number of carboxylic acid groups (broad SMARTS) is 4. The van der Waals surface area contributed by atoms with Crippen LogP contribution in [0.3, 0.4) is 0 Å². The van der Waals surface area contributed by atoms with E-state index in [9.17, 15) is 112 Å². The molecule has 1 aliphatic heterocycles. The maximum absolute atomic E-state index is 15.0. The maximum atomic E-state index is 15.0. The van der Waals surface area contributed by atoms with Crippen LogP contribution in [-0.2, 0) is 109 Å². The Hall–Kier alpha value is -12.6. The number of aliphatic hydroxyl groups excluding tert-OH is 1. The molecule has 24 N–H and O–H groups in total. The van der Waals surface area contributed by atoms with Gasteiger partial charge in [0.15, 0.2) is 0 Å². The van der Waals surface area contributed by atoms with E-state index in [0.717, 1.165) is 39.5 Å². The molecule has 4 aromatic rings. The second kappa shape index (κ2) is 46.5. The molecule has 13 atom stereocenters. The number of carbonyl (C=O) groups excluding carboxylic acids is 15. The van der Waals surface area contributed by atoms with Gasteiger partial charge < -0.3 is 121 Å². The highest BCUT2D eigenvalue weighted by Gasteiger charge is 2.41. The van der Waals surface area contributed by atoms with Gasteiger partial charge in [-0.2, -0.15) is 0 Å². The van der Waals surface area contributed by atoms with E-state index >= 15 is 4.79 Å². The van der Waals surface area contributed by atoms with Crippen molar-refractivity contribution >= 4 is 134 Å². The quantitative estimate of drug-likeness (QED) is 0.0155. The van der Waals surface area contributed by atoms with Crippen molar-refractivity contribution in [2.24, 2.45) is 23.3 Å². The zero-order chi connectivity index (χ0) is 86.0. The molecular weight excluding hydrogens is 1530 g/mol. The molecule has 0 aliphatic carbocycles. The van der Waals surface area contributed by atoms with E-state index in [4.69, 9.17) is 16.2 Å². The molecule has 42 nitrogen and oxygen atoms in total. The summed E-state index contributed by atoms with van der Waals surface area (Å²) < 4.78 is 5.85. The number of unbranched alkanes of at least 4 members (excludes halogenated alkanes) is 4. The minimum atomic E-state index is -2.36. The second-order valence-electron chi connectivity index (χ2n) is 28.4. The number of hydrogen-bond acceptors (Lipinski definition) is 22. The Morgan fingerprint density at radius 2 is 1.03 bits per heavy atom. The summed E-state index contributed by atoms with van der Waals surface area (Å²) in [6, 6.07) is -8.43. The number of rotatable bonds is 34. The van der Waals surface area contributed by atoms with Crippen molar-refractivity contribution in [1.82, 2.24) is 79.1 Å². The van der Waals surface area contributed by atoms with Crippen LogP contribution in [0.1, 0.15) is 136 Å². The molecule has 0 saturated carbocycles. The predicted molar refractivity (Wildman–Crippen MR) is 407 cm³/mol. The van der Waals surface area contributed by atoms with E-state index in [2.05, 4.69) is 82.3 Å². The van der Waals surface area contributed by atoms with Crippen LogP contribution in [0, 0.1) is 11.8 Å². The van der Waals surface area contributed by atoms with E-state index in [1.165, 1.54) is 13.1 Å². The fourth-order valence-corrected chi connectivity index (χ4v) is 12.3. The number of H-pyrrole nitrogens is 2. The minimum Gasteiger partial charge on any atom is -0.481 e. The molecule has 1 aliphatic rings. The Labute approximate surface area is 663 Å². The number of para-hydroxylation sites is 2. The molecule has 1 fully saturated rings. The summed E-state index contributed by atoms with van der Waals surface area (Å²) in [6.07, 6.45) is -0.942. The minimum absolute atomic E-state index is 0.00677. The third kappa shape index (κ3) is 31.0. The van der Waals surface area contributed by atoms with E-state index in [1.54, 1.807) is 54.7 Å². The first-order valence-electron chi connectivity index (χ1n) is 37.5. The molecule has 2 aromatic carbocycles. The van der Waals surface area contributed by atoms with Gasteiger partial charge in [0.25, 0.3) is 0 Å². The number of nitrogens with one attached hydrogen (secondary N) is 15. The van der Waals surface area contributed by atoms with Gasteiger partial charge in [0, 0.05) is 53.5 Å². The molecule has 0 radical (unpaired) electrons. The van der Waals surface area contributed by atoms with Crippen LogP contribution in [0.4, 0.5) is 0 Å². The molecular formula is C74H103N17O25. The van der Waals surface area contributed by atoms with Gasteiger partial charge in [-0.3, -0.25) is 86.3 Å². The van der Waals surface area contributed by atoms with Gasteiger partial charge in [-0.1, -0.05) is 89.3 Å². The zero-order valence-corrected chi connectivity index (χ0v) is 64.6. The monoisotopic (exact) mass is 1630 g/mol. The summed E-state index contributed by atoms with van der Waals surface area (Å²) in [4.78, 5) is 266. The number of aliphatic carboxylic acids is 4. The summed E-state index contributed by atoms with van der Waals surface area (Å²) in [5, 5.41) is 80.0. The second-order valence-corrected chi connectivity index (χ2v) is 28.4. The van der Waals surface area contributed by atoms with Crippen molar-refractivity contribution in [2.75, 3.05) is 26.2 Å². The van der Waals surface area contributed by atoms with Gasteiger partial charge in [-0.15, -0.1) is 0 Å². The number of fused-ring (bicyclic) bond motifs is 2. The van der Waals surface area contributed by atoms with Crippen molar-refractivity contribution in [2.45, 2.75) is 210 Å². The van der Waals surface area contributed by atoms with E-state index in [1.807, 2.05) is 10.6 Å². The van der Waals surface area contributed by atoms with Gasteiger partial charge in [0.2, 0.25) is 82.7 Å². The first-order chi connectivity index (χ1) is 54.9. The highest BCUT2D eigenvalue weighted by Crippen LogP contribution is 2.23. The smallest absolute Gasteiger partial charge is 0.329 e. The number of amides is 14. The lowest BCUT2D eigenvalue weighted by molar-refractivity contribution is -0.156. The van der Waals surface area contributed by atoms with Gasteiger partial charge in [-0.25, -0.2) is 4.79 Å². The molecule has 14 amide bonds. The molecule has 0 spiro atoms. The van der Waals surface area contributed by atoms with Crippen molar-refractivity contribution < 1.29 is 121 Å². The Balaban J connectivity index is 1.59. The van der Waals surface area contributed by atoms with Crippen molar-refractivity contribution in [3.63, 3.8) is 0 Å². The highest BCUT2D eigenvalue weighted by molar-refractivity contribution is 6.02. The van der Waals surface area contributed by atoms with Gasteiger partial charge in [-0.05, 0) is 74.8 Å². The number of ether oxygens (including phenoxy) is 1. The molecule has 1 saturated heterocycles. The van der Waals surface area contributed by atoms with Gasteiger partial charge >= 0.3 is 29.8 Å². The summed E-state index contributed by atoms with van der Waals surface area (Å²) in [5.74, 6) is -27.1. The van der Waals surface area contributed by atoms with Crippen LogP contribution in [0.25, 0.3) is 21.8 Å². The number of hydrogen-bond donors (Lipinski definition) is 22. The average Bonchev–Trinajstić information content (AvgIpc) is 1.57. The summed E-state index contributed by atoms with van der Waals surface area (Å²) in [5.41, 5.74) is 13.3. The number of cyclic esters (lactones) is 1. The number of aromatic nitrogens is 2. The van der Waals surface area contributed by atoms with Gasteiger partial charge in [0.05, 0.1) is 51.8 Å². The number of aliphatic hydroxyl groups is 1. The lowest BCUT2D eigenvalue weighted by Gasteiger charge is -2.30. The molecule has 634 valence electrons. The third-order valence-electron chi connectivity index (χ3n) is 18.5. The first kappa shape index (κ1) is 94.0. The third-order valence-corrected chi connectivity index (χ3v) is 18.5. The Morgan fingerprint density at radius 3 is 1.60 bits per heavy atom. The van der Waals surface area contributed by atoms with Crippen LogP contribution in [0.15, 0.2) is 60.9 Å². The molecule has 116 heavy (non-hydrogen) atoms. The van der Waals surface area contributed by atoms with E-state index < -0.39 is 249 Å². The fraction of sp³-hybridized carbons (Fsp3) is 0.527. The molecule has 0 unspecified atom stereocenters. The van der Waals surface area contributed by atoms with Crippen LogP contribution in [0.2, 0.25) is 0 Å². The lowest BCUT2D eigenvalue weighted by atomic mass is 9.96. The summed E-state index contributed by atoms with van der Waals surface area (Å²) >= 11 is 0. The predicted octanol–water partition coefficient (Wildman–Crippen LogP) is -4.51. The maximum Gasteiger partial charge on any atom is 0.329 e. The van der Waals surface area contributed by atoms with Crippen LogP contribution in [-0.4, -0.2) is 247 Å². The number of benzene rings is 2. The topological polar surface area (TPSA) is 675 Å². The van der Waals surface area contributed by atoms with Crippen LogP contribution in [0.5, 0.6) is 0 Å². The first-order valence-corrected chi connectivity index (χ1v) is 37.5. The molecule has 42 heteroatoms. The van der Waals surface area contributed by atoms with Crippen LogP contribution >= 0.6 is 0 Å². The lowest BCUT2D eigenvalue weighted by Crippen LogP contribution is -2.62. The Bertz CT molecular complexity index is 4220. The summed E-state index contributed by atoms with van der Waals surface area (Å²) in [7, 11) is 0. The number of carbonyl (C=O) groups is 19. The Morgan fingerprint density at radius 1 is 0.517 bits per heavy atom. The number of carboxylic acids is 4. The highest BCUT2D eigenvalue weighted by atomic mass is 16.5. The number of primary amides is 1.